The molecule has 1 aromatic heterocycles. The van der Waals surface area contributed by atoms with Crippen molar-refractivity contribution in [3.05, 3.63) is 54.4 Å². The van der Waals surface area contributed by atoms with E-state index in [1.54, 1.807) is 12.3 Å². The number of anilines is 1. The minimum absolute atomic E-state index is 0.330. The van der Waals surface area contributed by atoms with Gasteiger partial charge in [-0.2, -0.15) is 0 Å². The van der Waals surface area contributed by atoms with Crippen molar-refractivity contribution in [3.63, 3.8) is 0 Å². The normalized spacial score (nSPS) is 18.9. The zero-order chi connectivity index (χ0) is 15.6. The molecule has 1 fully saturated rings. The lowest BCUT2D eigenvalue weighted by Crippen LogP contribution is -2.58. The molecule has 22 heavy (non-hydrogen) atoms. The van der Waals surface area contributed by atoms with Crippen LogP contribution in [-0.2, 0) is 5.66 Å². The van der Waals surface area contributed by atoms with Crippen LogP contribution in [0.2, 0.25) is 0 Å². The Kier molecular flexibility index (Phi) is 4.00. The molecule has 1 aliphatic heterocycles. The first-order valence-corrected chi connectivity index (χ1v) is 7.57. The fourth-order valence-corrected chi connectivity index (χ4v) is 2.97. The first-order valence-electron chi connectivity index (χ1n) is 7.57. The molecule has 1 aromatic carbocycles. The van der Waals surface area contributed by atoms with Gasteiger partial charge in [-0.1, -0.05) is 18.2 Å². The fraction of sp³-hybridized carbons (Fsp3) is 0.353. The number of rotatable bonds is 3. The standard InChI is InChI=1S/C17H22N4O/c1-17(18,16-8-4-5-9-19-16)21-12-10-20(11-13-21)14-6-2-3-7-15(14)22/h2-9,22H,10-13,18H2,1H3. The molecule has 116 valence electrons. The molecule has 2 heterocycles. The van der Waals surface area contributed by atoms with Gasteiger partial charge in [0.05, 0.1) is 11.4 Å². The van der Waals surface area contributed by atoms with Crippen LogP contribution in [0.3, 0.4) is 0 Å². The summed E-state index contributed by atoms with van der Waals surface area (Å²) in [5.41, 5.74) is 7.71. The van der Waals surface area contributed by atoms with Gasteiger partial charge in [-0.05, 0) is 31.2 Å². The molecule has 0 radical (unpaired) electrons. The third-order valence-corrected chi connectivity index (χ3v) is 4.34. The maximum atomic E-state index is 9.98. The van der Waals surface area contributed by atoms with E-state index in [1.807, 2.05) is 43.3 Å². The van der Waals surface area contributed by atoms with Gasteiger partial charge in [-0.25, -0.2) is 0 Å². The van der Waals surface area contributed by atoms with E-state index in [-0.39, 0.29) is 0 Å². The summed E-state index contributed by atoms with van der Waals surface area (Å²) in [4.78, 5) is 8.83. The lowest BCUT2D eigenvalue weighted by atomic mass is 10.0. The highest BCUT2D eigenvalue weighted by atomic mass is 16.3. The van der Waals surface area contributed by atoms with Crippen LogP contribution in [-0.4, -0.2) is 41.2 Å². The number of phenolic OH excluding ortho intramolecular Hbond substituents is 1. The van der Waals surface area contributed by atoms with Gasteiger partial charge in [0, 0.05) is 32.4 Å². The second-order valence-electron chi connectivity index (χ2n) is 5.83. The number of aromatic hydroxyl groups is 1. The molecule has 0 amide bonds. The van der Waals surface area contributed by atoms with Crippen LogP contribution in [0.1, 0.15) is 12.6 Å². The molecule has 1 unspecified atom stereocenters. The van der Waals surface area contributed by atoms with E-state index >= 15 is 0 Å². The number of aromatic nitrogens is 1. The van der Waals surface area contributed by atoms with Gasteiger partial charge >= 0.3 is 0 Å². The van der Waals surface area contributed by atoms with Crippen LogP contribution in [0.15, 0.2) is 48.7 Å². The first kappa shape index (κ1) is 14.8. The highest BCUT2D eigenvalue weighted by Crippen LogP contribution is 2.29. The Labute approximate surface area is 131 Å². The third-order valence-electron chi connectivity index (χ3n) is 4.34. The fourth-order valence-electron chi connectivity index (χ4n) is 2.97. The number of para-hydroxylation sites is 2. The van der Waals surface area contributed by atoms with Crippen molar-refractivity contribution in [2.24, 2.45) is 5.73 Å². The van der Waals surface area contributed by atoms with Gasteiger partial charge in [-0.15, -0.1) is 0 Å². The molecular weight excluding hydrogens is 276 g/mol. The number of hydrogen-bond acceptors (Lipinski definition) is 5. The Hall–Kier alpha value is -2.11. The van der Waals surface area contributed by atoms with Gasteiger partial charge in [0.15, 0.2) is 0 Å². The number of benzene rings is 1. The highest BCUT2D eigenvalue weighted by molar-refractivity contribution is 5.57. The van der Waals surface area contributed by atoms with E-state index < -0.39 is 5.66 Å². The van der Waals surface area contributed by atoms with Crippen LogP contribution in [0.4, 0.5) is 5.69 Å². The van der Waals surface area contributed by atoms with Crippen LogP contribution >= 0.6 is 0 Å². The zero-order valence-electron chi connectivity index (χ0n) is 12.8. The lowest BCUT2D eigenvalue weighted by Gasteiger charge is -2.44. The number of phenols is 1. The second kappa shape index (κ2) is 5.94. The van der Waals surface area contributed by atoms with E-state index in [0.717, 1.165) is 37.6 Å². The maximum Gasteiger partial charge on any atom is 0.138 e. The van der Waals surface area contributed by atoms with Crippen LogP contribution in [0.5, 0.6) is 5.75 Å². The molecule has 0 saturated carbocycles. The van der Waals surface area contributed by atoms with E-state index in [2.05, 4.69) is 14.8 Å². The molecule has 1 saturated heterocycles. The van der Waals surface area contributed by atoms with Crippen LogP contribution in [0, 0.1) is 0 Å². The summed E-state index contributed by atoms with van der Waals surface area (Å²) in [5, 5.41) is 9.98. The molecule has 2 aromatic rings. The van der Waals surface area contributed by atoms with Crippen molar-refractivity contribution in [2.75, 3.05) is 31.1 Å². The Balaban J connectivity index is 1.71. The Bertz CT molecular complexity index is 622. The minimum Gasteiger partial charge on any atom is -0.506 e. The first-order chi connectivity index (χ1) is 10.6. The van der Waals surface area contributed by atoms with E-state index in [0.29, 0.717) is 5.75 Å². The average Bonchev–Trinajstić information content (AvgIpc) is 2.56. The van der Waals surface area contributed by atoms with Crippen molar-refractivity contribution in [2.45, 2.75) is 12.6 Å². The summed E-state index contributed by atoms with van der Waals surface area (Å²) in [6, 6.07) is 13.3. The Morgan fingerprint density at radius 1 is 1.05 bits per heavy atom. The van der Waals surface area contributed by atoms with Gasteiger partial charge in [0.2, 0.25) is 0 Å². The monoisotopic (exact) mass is 298 g/mol. The molecule has 3 N–H and O–H groups in total. The van der Waals surface area contributed by atoms with Crippen molar-refractivity contribution < 1.29 is 5.11 Å². The third kappa shape index (κ3) is 2.77. The summed E-state index contributed by atoms with van der Waals surface area (Å²) < 4.78 is 0. The van der Waals surface area contributed by atoms with Crippen molar-refractivity contribution >= 4 is 5.69 Å². The summed E-state index contributed by atoms with van der Waals surface area (Å²) in [5.74, 6) is 0.330. The number of hydrogen-bond donors (Lipinski definition) is 2. The summed E-state index contributed by atoms with van der Waals surface area (Å²) >= 11 is 0. The molecule has 1 aliphatic rings. The second-order valence-corrected chi connectivity index (χ2v) is 5.83. The van der Waals surface area contributed by atoms with Crippen LogP contribution in [0.25, 0.3) is 0 Å². The minimum atomic E-state index is -0.577. The Morgan fingerprint density at radius 2 is 1.73 bits per heavy atom. The van der Waals surface area contributed by atoms with Crippen molar-refractivity contribution in [1.29, 1.82) is 0 Å². The largest absolute Gasteiger partial charge is 0.506 e. The molecular formula is C17H22N4O. The summed E-state index contributed by atoms with van der Waals surface area (Å²) in [6.45, 7) is 5.33. The lowest BCUT2D eigenvalue weighted by molar-refractivity contribution is 0.0959. The topological polar surface area (TPSA) is 65.6 Å². The molecule has 0 bridgehead atoms. The quantitative estimate of drug-likeness (QED) is 0.903. The molecule has 3 rings (SSSR count). The van der Waals surface area contributed by atoms with Gasteiger partial charge in [-0.3, -0.25) is 9.88 Å². The van der Waals surface area contributed by atoms with Gasteiger partial charge in [0.1, 0.15) is 11.4 Å². The molecule has 5 nitrogen and oxygen atoms in total. The van der Waals surface area contributed by atoms with Gasteiger partial charge in [0.25, 0.3) is 0 Å². The number of piperazine rings is 1. The molecule has 0 aliphatic carbocycles. The molecule has 0 spiro atoms. The number of pyridine rings is 1. The molecule has 5 heteroatoms. The SMILES string of the molecule is CC(N)(c1ccccn1)N1CCN(c2ccccc2O)CC1. The highest BCUT2D eigenvalue weighted by Gasteiger charge is 2.33. The zero-order valence-corrected chi connectivity index (χ0v) is 12.8. The predicted octanol–water partition coefficient (Wildman–Crippen LogP) is 1.74. The van der Waals surface area contributed by atoms with Crippen molar-refractivity contribution in [3.8, 4) is 5.75 Å². The molecule has 1 atom stereocenters. The maximum absolute atomic E-state index is 9.98. The summed E-state index contributed by atoms with van der Waals surface area (Å²) in [6.07, 6.45) is 1.78. The van der Waals surface area contributed by atoms with E-state index in [1.165, 1.54) is 0 Å². The summed E-state index contributed by atoms with van der Waals surface area (Å²) in [7, 11) is 0. The number of nitrogens with zero attached hydrogens (tertiary/aromatic N) is 3. The average molecular weight is 298 g/mol. The smallest absolute Gasteiger partial charge is 0.138 e. The van der Waals surface area contributed by atoms with E-state index in [4.69, 9.17) is 5.73 Å². The van der Waals surface area contributed by atoms with Crippen LogP contribution < -0.4 is 10.6 Å². The van der Waals surface area contributed by atoms with Crippen molar-refractivity contribution in [1.82, 2.24) is 9.88 Å². The van der Waals surface area contributed by atoms with Gasteiger partial charge < -0.3 is 15.7 Å². The van der Waals surface area contributed by atoms with E-state index in [9.17, 15) is 5.11 Å². The number of nitrogens with two attached hydrogens (primary N) is 1. The predicted molar refractivity (Wildman–Crippen MR) is 87.7 cm³/mol. The Morgan fingerprint density at radius 3 is 2.36 bits per heavy atom.